The largest absolute Gasteiger partial charge is 0.479 e. The Morgan fingerprint density at radius 3 is 1.36 bits per heavy atom. The average Bonchev–Trinajstić information content (AvgIpc) is 2.47. The number of rotatable bonds is 16. The Morgan fingerprint density at radius 2 is 1.05 bits per heavy atom. The molecule has 5 N–H and O–H groups in total. The van der Waals surface area contributed by atoms with Gasteiger partial charge in [0.2, 0.25) is 0 Å². The first-order chi connectivity index (χ1) is 10.2. The molecule has 0 saturated carbocycles. The molecule has 0 amide bonds. The highest BCUT2D eigenvalue weighted by molar-refractivity contribution is 5.71. The minimum absolute atomic E-state index is 0. The molecule has 1 unspecified atom stereocenters. The Bertz CT molecular complexity index is 234. The maximum atomic E-state index is 10.4. The summed E-state index contributed by atoms with van der Waals surface area (Å²) in [7, 11) is 0. The molecule has 0 aliphatic heterocycles. The van der Waals surface area contributed by atoms with Crippen molar-refractivity contribution in [1.82, 2.24) is 6.15 Å². The van der Waals surface area contributed by atoms with E-state index < -0.39 is 12.1 Å². The molecule has 22 heavy (non-hydrogen) atoms. The lowest BCUT2D eigenvalue weighted by Gasteiger charge is -2.05. The van der Waals surface area contributed by atoms with E-state index in [1.54, 1.807) is 0 Å². The van der Waals surface area contributed by atoms with Gasteiger partial charge in [-0.15, -0.1) is 0 Å². The van der Waals surface area contributed by atoms with Gasteiger partial charge in [0.05, 0.1) is 0 Å². The van der Waals surface area contributed by atoms with Gasteiger partial charge in [-0.25, -0.2) is 4.79 Å². The monoisotopic (exact) mass is 317 g/mol. The molecule has 4 nitrogen and oxygen atoms in total. The third-order valence-electron chi connectivity index (χ3n) is 4.12. The van der Waals surface area contributed by atoms with Crippen molar-refractivity contribution in [2.75, 3.05) is 0 Å². The van der Waals surface area contributed by atoms with E-state index in [4.69, 9.17) is 10.2 Å². The summed E-state index contributed by atoms with van der Waals surface area (Å²) in [4.78, 5) is 10.4. The lowest BCUT2D eigenvalue weighted by molar-refractivity contribution is -0.146. The van der Waals surface area contributed by atoms with E-state index in [2.05, 4.69) is 6.92 Å². The van der Waals surface area contributed by atoms with E-state index in [0.29, 0.717) is 6.42 Å². The molecule has 0 spiro atoms. The Balaban J connectivity index is 0. The molecule has 134 valence electrons. The van der Waals surface area contributed by atoms with Crippen LogP contribution in [0.4, 0.5) is 0 Å². The average molecular weight is 318 g/mol. The van der Waals surface area contributed by atoms with Crippen LogP contribution in [0.15, 0.2) is 0 Å². The van der Waals surface area contributed by atoms with Crippen molar-refractivity contribution < 1.29 is 15.0 Å². The predicted molar refractivity (Wildman–Crippen MR) is 93.6 cm³/mol. The zero-order valence-electron chi connectivity index (χ0n) is 14.7. The number of aliphatic hydroxyl groups is 1. The molecule has 4 heteroatoms. The highest BCUT2D eigenvalue weighted by Crippen LogP contribution is 2.13. The van der Waals surface area contributed by atoms with E-state index >= 15 is 0 Å². The molecule has 1 atom stereocenters. The molecular formula is C18H39NO3. The first-order valence-corrected chi connectivity index (χ1v) is 9.09. The van der Waals surface area contributed by atoms with Crippen LogP contribution < -0.4 is 6.15 Å². The Hall–Kier alpha value is -0.610. The third-order valence-corrected chi connectivity index (χ3v) is 4.12. The summed E-state index contributed by atoms with van der Waals surface area (Å²) in [6.07, 6.45) is 17.3. The zero-order chi connectivity index (χ0) is 15.8. The number of hydrogen-bond acceptors (Lipinski definition) is 3. The van der Waals surface area contributed by atoms with Crippen LogP contribution in [0, 0.1) is 0 Å². The van der Waals surface area contributed by atoms with Crippen molar-refractivity contribution in [3.05, 3.63) is 0 Å². The molecule has 0 aromatic rings. The molecule has 0 rings (SSSR count). The molecule has 0 heterocycles. The molecule has 0 radical (unpaired) electrons. The molecule has 0 aromatic carbocycles. The van der Waals surface area contributed by atoms with Crippen LogP contribution in [0.25, 0.3) is 0 Å². The third kappa shape index (κ3) is 17.4. The van der Waals surface area contributed by atoms with Crippen molar-refractivity contribution in [1.29, 1.82) is 0 Å². The minimum atomic E-state index is -1.16. The van der Waals surface area contributed by atoms with Gasteiger partial charge in [-0.1, -0.05) is 96.8 Å². The van der Waals surface area contributed by atoms with Gasteiger partial charge in [0.25, 0.3) is 0 Å². The summed E-state index contributed by atoms with van der Waals surface area (Å²) in [5.74, 6) is -1.09. The summed E-state index contributed by atoms with van der Waals surface area (Å²) >= 11 is 0. The summed E-state index contributed by atoms with van der Waals surface area (Å²) < 4.78 is 0. The predicted octanol–water partition coefficient (Wildman–Crippen LogP) is 5.47. The molecule has 0 aromatic heterocycles. The topological polar surface area (TPSA) is 92.5 Å². The smallest absolute Gasteiger partial charge is 0.332 e. The van der Waals surface area contributed by atoms with Crippen LogP contribution in [0.5, 0.6) is 0 Å². The number of carboxylic acid groups (broad SMARTS) is 1. The lowest BCUT2D eigenvalue weighted by Crippen LogP contribution is -2.18. The van der Waals surface area contributed by atoms with E-state index in [9.17, 15) is 4.79 Å². The van der Waals surface area contributed by atoms with Crippen LogP contribution in [0.1, 0.15) is 103 Å². The van der Waals surface area contributed by atoms with Crippen molar-refractivity contribution in [2.24, 2.45) is 0 Å². The molecule has 0 saturated heterocycles. The van der Waals surface area contributed by atoms with Gasteiger partial charge in [0.1, 0.15) is 0 Å². The fourth-order valence-corrected chi connectivity index (χ4v) is 2.66. The SMILES string of the molecule is CCCCCCCCCCCCCCCCC(O)C(=O)O.N. The maximum Gasteiger partial charge on any atom is 0.332 e. The van der Waals surface area contributed by atoms with E-state index in [-0.39, 0.29) is 6.15 Å². The van der Waals surface area contributed by atoms with Crippen LogP contribution in [0.2, 0.25) is 0 Å². The van der Waals surface area contributed by atoms with Crippen LogP contribution in [0.3, 0.4) is 0 Å². The van der Waals surface area contributed by atoms with Crippen molar-refractivity contribution in [2.45, 2.75) is 109 Å². The van der Waals surface area contributed by atoms with Gasteiger partial charge in [-0.3, -0.25) is 0 Å². The van der Waals surface area contributed by atoms with Gasteiger partial charge in [-0.2, -0.15) is 0 Å². The highest BCUT2D eigenvalue weighted by atomic mass is 16.4. The second-order valence-electron chi connectivity index (χ2n) is 6.24. The molecule has 0 aliphatic rings. The van der Waals surface area contributed by atoms with E-state index in [0.717, 1.165) is 12.8 Å². The molecular weight excluding hydrogens is 278 g/mol. The second kappa shape index (κ2) is 18.4. The number of carbonyl (C=O) groups is 1. The summed E-state index contributed by atoms with van der Waals surface area (Å²) in [6, 6.07) is 0. The number of hydrogen-bond donors (Lipinski definition) is 3. The maximum absolute atomic E-state index is 10.4. The summed E-state index contributed by atoms with van der Waals surface area (Å²) in [5, 5.41) is 17.7. The van der Waals surface area contributed by atoms with Gasteiger partial charge in [0.15, 0.2) is 6.10 Å². The number of aliphatic hydroxyl groups excluding tert-OH is 1. The first-order valence-electron chi connectivity index (χ1n) is 9.09. The Morgan fingerprint density at radius 1 is 0.727 bits per heavy atom. The quantitative estimate of drug-likeness (QED) is 0.329. The van der Waals surface area contributed by atoms with Crippen LogP contribution in [-0.4, -0.2) is 22.3 Å². The van der Waals surface area contributed by atoms with Crippen molar-refractivity contribution in [3.8, 4) is 0 Å². The van der Waals surface area contributed by atoms with Gasteiger partial charge >= 0.3 is 5.97 Å². The Labute approximate surface area is 137 Å². The lowest BCUT2D eigenvalue weighted by atomic mass is 10.0. The van der Waals surface area contributed by atoms with E-state index in [1.165, 1.54) is 77.0 Å². The Kier molecular flexibility index (Phi) is 19.8. The van der Waals surface area contributed by atoms with Crippen LogP contribution >= 0.6 is 0 Å². The molecule has 0 bridgehead atoms. The molecule has 0 fully saturated rings. The second-order valence-corrected chi connectivity index (χ2v) is 6.24. The number of aliphatic carboxylic acids is 1. The van der Waals surface area contributed by atoms with E-state index in [1.807, 2.05) is 0 Å². The fourth-order valence-electron chi connectivity index (χ4n) is 2.66. The van der Waals surface area contributed by atoms with Gasteiger partial charge < -0.3 is 16.4 Å². The summed E-state index contributed by atoms with van der Waals surface area (Å²) in [6.45, 7) is 2.26. The van der Waals surface area contributed by atoms with Crippen molar-refractivity contribution >= 4 is 5.97 Å². The number of carboxylic acids is 1. The summed E-state index contributed by atoms with van der Waals surface area (Å²) in [5.41, 5.74) is 0. The van der Waals surface area contributed by atoms with Crippen LogP contribution in [-0.2, 0) is 4.79 Å². The van der Waals surface area contributed by atoms with Gasteiger partial charge in [0, 0.05) is 0 Å². The standard InChI is InChI=1S/C18H36O3.H3N/c1-2-3-4-5-6-7-8-9-10-11-12-13-14-15-16-17(19)18(20)21;/h17,19H,2-16H2,1H3,(H,20,21);1H3. The highest BCUT2D eigenvalue weighted by Gasteiger charge is 2.11. The fraction of sp³-hybridized carbons (Fsp3) is 0.944. The normalized spacial score (nSPS) is 11.9. The van der Waals surface area contributed by atoms with Gasteiger partial charge in [-0.05, 0) is 6.42 Å². The first kappa shape index (κ1) is 23.7. The molecule has 0 aliphatic carbocycles. The van der Waals surface area contributed by atoms with Crippen molar-refractivity contribution in [3.63, 3.8) is 0 Å². The minimum Gasteiger partial charge on any atom is -0.479 e. The number of unbranched alkanes of at least 4 members (excludes halogenated alkanes) is 13. The zero-order valence-corrected chi connectivity index (χ0v) is 14.7.